The molecule has 0 aromatic rings. The van der Waals surface area contributed by atoms with Gasteiger partial charge >= 0.3 is 0 Å². The van der Waals surface area contributed by atoms with Gasteiger partial charge in [0.05, 0.1) is 11.1 Å². The third kappa shape index (κ3) is 5.41. The summed E-state index contributed by atoms with van der Waals surface area (Å²) >= 11 is 6.00. The van der Waals surface area contributed by atoms with E-state index in [2.05, 4.69) is 25.2 Å². The van der Waals surface area contributed by atoms with Crippen LogP contribution in [0.5, 0.6) is 0 Å². The van der Waals surface area contributed by atoms with Crippen LogP contribution in [0, 0.1) is 5.92 Å². The van der Waals surface area contributed by atoms with Gasteiger partial charge in [0.25, 0.3) is 0 Å². The molecule has 30 heavy (non-hydrogen) atoms. The van der Waals surface area contributed by atoms with Crippen LogP contribution in [0.4, 0.5) is 0 Å². The number of ether oxygens (including phenoxy) is 2. The molecule has 6 unspecified atom stereocenters. The van der Waals surface area contributed by atoms with Crippen LogP contribution in [0.1, 0.15) is 59.3 Å². The topological polar surface area (TPSA) is 88.2 Å². The highest BCUT2D eigenvalue weighted by Crippen LogP contribution is 2.49. The van der Waals surface area contributed by atoms with Gasteiger partial charge in [-0.2, -0.15) is 0 Å². The van der Waals surface area contributed by atoms with Crippen molar-refractivity contribution >= 4 is 23.3 Å². The zero-order valence-electron chi connectivity index (χ0n) is 17.9. The summed E-state index contributed by atoms with van der Waals surface area (Å²) in [4.78, 5) is 24.2. The smallest absolute Gasteiger partial charge is 0.244 e. The zero-order chi connectivity index (χ0) is 21.9. The van der Waals surface area contributed by atoms with E-state index in [1.807, 2.05) is 6.92 Å². The van der Waals surface area contributed by atoms with E-state index in [1.54, 1.807) is 6.08 Å². The summed E-state index contributed by atoms with van der Waals surface area (Å²) in [5, 5.41) is 13.1. The Kier molecular flexibility index (Phi) is 7.56. The van der Waals surface area contributed by atoms with Gasteiger partial charge in [-0.1, -0.05) is 68.9 Å². The monoisotopic (exact) mass is 437 g/mol. The first-order valence-corrected chi connectivity index (χ1v) is 11.2. The molecule has 0 aromatic heterocycles. The van der Waals surface area contributed by atoms with Crippen LogP contribution >= 0.6 is 11.6 Å². The second-order valence-corrected chi connectivity index (χ2v) is 9.09. The highest BCUT2D eigenvalue weighted by atomic mass is 35.5. The minimum atomic E-state index is -1.19. The Labute approximate surface area is 183 Å². The Morgan fingerprint density at radius 3 is 2.90 bits per heavy atom. The third-order valence-electron chi connectivity index (χ3n) is 5.95. The van der Waals surface area contributed by atoms with Crippen LogP contribution < -0.4 is 5.32 Å². The lowest BCUT2D eigenvalue weighted by molar-refractivity contribution is -0.137. The molecule has 1 aliphatic carbocycles. The number of unbranched alkanes of at least 4 members (excludes halogenated alkanes) is 3. The van der Waals surface area contributed by atoms with Gasteiger partial charge in [0, 0.05) is 12.5 Å². The van der Waals surface area contributed by atoms with E-state index in [-0.39, 0.29) is 16.7 Å². The number of carbonyl (C=O) groups is 2. The van der Waals surface area contributed by atoms with E-state index < -0.39 is 30.1 Å². The van der Waals surface area contributed by atoms with Gasteiger partial charge in [0.1, 0.15) is 11.7 Å². The van der Waals surface area contributed by atoms with Crippen LogP contribution in [-0.2, 0) is 19.1 Å². The molecule has 2 fully saturated rings. The number of hydrogen-bond donors (Lipinski definition) is 2. The van der Waals surface area contributed by atoms with Crippen molar-refractivity contribution in [2.24, 2.45) is 5.92 Å². The van der Waals surface area contributed by atoms with Crippen LogP contribution in [-0.4, -0.2) is 46.9 Å². The number of aliphatic hydroxyl groups is 1. The number of nitrogens with one attached hydrogen (secondary N) is 1. The molecule has 6 nitrogen and oxygen atoms in total. The fourth-order valence-corrected chi connectivity index (χ4v) is 4.60. The standard InChI is InChI=1S/C23H32ClNO5/c1-4-5-6-7-8-14(2)11-15(3)9-10-18(26)25-17-13-23(30-22(17)28)12-16(24)19(27)20-21(23)29-20/h9-12,14,17,20-22,28H,4-8,13H2,1-3H3,(H,25,26)/b10-9+,15-11+. The largest absolute Gasteiger partial charge is 0.366 e. The molecule has 2 N–H and O–H groups in total. The molecule has 0 aromatic carbocycles. The highest BCUT2D eigenvalue weighted by Gasteiger charge is 2.65. The lowest BCUT2D eigenvalue weighted by atomic mass is 9.86. The number of halogens is 1. The number of ketones is 1. The Morgan fingerprint density at radius 1 is 1.40 bits per heavy atom. The van der Waals surface area contributed by atoms with Crippen LogP contribution in [0.15, 0.2) is 34.9 Å². The predicted molar refractivity (Wildman–Crippen MR) is 115 cm³/mol. The molecule has 166 valence electrons. The van der Waals surface area contributed by atoms with Gasteiger partial charge in [-0.25, -0.2) is 0 Å². The van der Waals surface area contributed by atoms with Gasteiger partial charge in [-0.15, -0.1) is 0 Å². The second kappa shape index (κ2) is 9.77. The van der Waals surface area contributed by atoms with Crippen LogP contribution in [0.25, 0.3) is 0 Å². The van der Waals surface area contributed by atoms with Crippen molar-refractivity contribution in [1.29, 1.82) is 0 Å². The first kappa shape index (κ1) is 23.2. The summed E-state index contributed by atoms with van der Waals surface area (Å²) in [5.41, 5.74) is 0.0577. The molecule has 0 bridgehead atoms. The third-order valence-corrected chi connectivity index (χ3v) is 6.24. The number of allylic oxidation sites excluding steroid dienone is 3. The molecule has 3 rings (SSSR count). The Bertz CT molecular complexity index is 761. The number of aliphatic hydroxyl groups excluding tert-OH is 1. The van der Waals surface area contributed by atoms with E-state index >= 15 is 0 Å². The molecule has 1 amide bonds. The van der Waals surface area contributed by atoms with Crippen molar-refractivity contribution in [1.82, 2.24) is 5.32 Å². The number of fused-ring (bicyclic) bond motifs is 2. The van der Waals surface area contributed by atoms with Crippen molar-refractivity contribution in [3.8, 4) is 0 Å². The van der Waals surface area contributed by atoms with Gasteiger partial charge in [0.2, 0.25) is 11.7 Å². The van der Waals surface area contributed by atoms with E-state index in [1.165, 1.54) is 37.8 Å². The molecule has 3 aliphatic rings. The minimum absolute atomic E-state index is 0.0531. The molecule has 1 spiro atoms. The van der Waals surface area contributed by atoms with Gasteiger partial charge in [-0.3, -0.25) is 9.59 Å². The molecule has 2 saturated heterocycles. The zero-order valence-corrected chi connectivity index (χ0v) is 18.7. The Hall–Kier alpha value is -1.47. The maximum Gasteiger partial charge on any atom is 0.244 e. The van der Waals surface area contributed by atoms with E-state index in [0.717, 1.165) is 12.0 Å². The Balaban J connectivity index is 1.50. The summed E-state index contributed by atoms with van der Waals surface area (Å²) in [6, 6.07) is -0.609. The van der Waals surface area contributed by atoms with Crippen molar-refractivity contribution in [2.75, 3.05) is 0 Å². The Morgan fingerprint density at radius 2 is 2.17 bits per heavy atom. The first-order chi connectivity index (χ1) is 14.3. The van der Waals surface area contributed by atoms with Gasteiger partial charge < -0.3 is 19.9 Å². The molecule has 0 radical (unpaired) electrons. The number of hydrogen-bond acceptors (Lipinski definition) is 5. The SMILES string of the molecule is CCCCCCC(C)/C=C(C)/C=C/C(=O)NC1CC2(C=C(Cl)C(=O)C3OC32)OC1O. The number of epoxide rings is 1. The summed E-state index contributed by atoms with van der Waals surface area (Å²) < 4.78 is 11.1. The summed E-state index contributed by atoms with van der Waals surface area (Å²) in [7, 11) is 0. The number of amides is 1. The fourth-order valence-electron chi connectivity index (χ4n) is 4.30. The average Bonchev–Trinajstić information content (AvgIpc) is 3.44. The molecular weight excluding hydrogens is 406 g/mol. The summed E-state index contributed by atoms with van der Waals surface area (Å²) in [6.45, 7) is 6.37. The maximum absolute atomic E-state index is 12.3. The van der Waals surface area contributed by atoms with Crippen LogP contribution in [0.3, 0.4) is 0 Å². The van der Waals surface area contributed by atoms with E-state index in [9.17, 15) is 14.7 Å². The summed E-state index contributed by atoms with van der Waals surface area (Å²) in [5.74, 6) is -0.0996. The lowest BCUT2D eigenvalue weighted by Gasteiger charge is -2.25. The normalized spacial score (nSPS) is 34.2. The van der Waals surface area contributed by atoms with Crippen molar-refractivity contribution in [3.63, 3.8) is 0 Å². The second-order valence-electron chi connectivity index (χ2n) is 8.69. The number of carbonyl (C=O) groups excluding carboxylic acids is 2. The van der Waals surface area contributed by atoms with Crippen molar-refractivity contribution in [2.45, 2.75) is 89.4 Å². The molecule has 6 atom stereocenters. The molecule has 2 heterocycles. The van der Waals surface area contributed by atoms with Crippen molar-refractivity contribution < 1.29 is 24.2 Å². The molecule has 2 aliphatic heterocycles. The van der Waals surface area contributed by atoms with Crippen molar-refractivity contribution in [3.05, 3.63) is 34.9 Å². The lowest BCUT2D eigenvalue weighted by Crippen LogP contribution is -2.41. The van der Waals surface area contributed by atoms with E-state index in [4.69, 9.17) is 21.1 Å². The van der Waals surface area contributed by atoms with Gasteiger partial charge in [-0.05, 0) is 25.3 Å². The van der Waals surface area contributed by atoms with E-state index in [0.29, 0.717) is 12.3 Å². The van der Waals surface area contributed by atoms with Gasteiger partial charge in [0.15, 0.2) is 12.4 Å². The quantitative estimate of drug-likeness (QED) is 0.249. The number of Topliss-reactive ketones (excluding diaryl/α,β-unsaturated/α-hetero) is 1. The summed E-state index contributed by atoms with van der Waals surface area (Å²) in [6.07, 6.45) is 11.1. The van der Waals surface area contributed by atoms with Crippen LogP contribution in [0.2, 0.25) is 0 Å². The fraction of sp³-hybridized carbons (Fsp3) is 0.652. The molecular formula is C23H32ClNO5. The number of rotatable bonds is 9. The first-order valence-electron chi connectivity index (χ1n) is 10.9. The minimum Gasteiger partial charge on any atom is -0.366 e. The molecule has 7 heteroatoms. The predicted octanol–water partition coefficient (Wildman–Crippen LogP) is 3.53. The molecule has 0 saturated carbocycles. The maximum atomic E-state index is 12.3. The highest BCUT2D eigenvalue weighted by molar-refractivity contribution is 6.43. The average molecular weight is 438 g/mol.